The summed E-state index contributed by atoms with van der Waals surface area (Å²) in [6.07, 6.45) is 5.06. The van der Waals surface area contributed by atoms with Crippen LogP contribution in [0.3, 0.4) is 0 Å². The third-order valence-electron chi connectivity index (χ3n) is 5.01. The molecule has 0 unspecified atom stereocenters. The third kappa shape index (κ3) is 4.30. The van der Waals surface area contributed by atoms with Crippen molar-refractivity contribution >= 4 is 16.8 Å². The molecule has 7 heteroatoms. The van der Waals surface area contributed by atoms with Crippen LogP contribution in [0.15, 0.2) is 71.9 Å². The van der Waals surface area contributed by atoms with Gasteiger partial charge in [0.05, 0.1) is 28.6 Å². The van der Waals surface area contributed by atoms with E-state index in [0.29, 0.717) is 17.4 Å². The number of nitrogens with zero attached hydrogens (tertiary/aromatic N) is 4. The molecule has 0 bridgehead atoms. The van der Waals surface area contributed by atoms with Gasteiger partial charge in [0.2, 0.25) is 5.91 Å². The molecule has 0 radical (unpaired) electrons. The smallest absolute Gasteiger partial charge is 0.261 e. The Kier molecular flexibility index (Phi) is 5.70. The molecule has 4 rings (SSSR count). The number of nitrogens with one attached hydrogen (secondary N) is 1. The van der Waals surface area contributed by atoms with Gasteiger partial charge in [0.25, 0.3) is 5.56 Å². The lowest BCUT2D eigenvalue weighted by Crippen LogP contribution is -2.33. The first-order valence-electron chi connectivity index (χ1n) is 9.93. The minimum Gasteiger partial charge on any atom is -0.355 e. The number of amides is 1. The first kappa shape index (κ1) is 19.6. The molecule has 4 aromatic rings. The van der Waals surface area contributed by atoms with E-state index in [-0.39, 0.29) is 18.0 Å². The number of fused-ring (bicyclic) bond motifs is 1. The maximum atomic E-state index is 12.5. The second-order valence-electron chi connectivity index (χ2n) is 7.17. The number of benzene rings is 2. The quantitative estimate of drug-likeness (QED) is 0.483. The molecule has 2 aromatic heterocycles. The lowest BCUT2D eigenvalue weighted by Gasteiger charge is -2.08. The van der Waals surface area contributed by atoms with E-state index < -0.39 is 0 Å². The lowest BCUT2D eigenvalue weighted by atomic mass is 10.1. The molecule has 0 spiro atoms. The zero-order valence-corrected chi connectivity index (χ0v) is 16.8. The topological polar surface area (TPSA) is 81.8 Å². The predicted octanol–water partition coefficient (Wildman–Crippen LogP) is 2.64. The van der Waals surface area contributed by atoms with Gasteiger partial charge < -0.3 is 5.32 Å². The van der Waals surface area contributed by atoms with Crippen LogP contribution in [0.1, 0.15) is 17.7 Å². The van der Waals surface area contributed by atoms with Crippen molar-refractivity contribution in [2.24, 2.45) is 0 Å². The summed E-state index contributed by atoms with van der Waals surface area (Å²) in [5.74, 6) is -0.203. The second kappa shape index (κ2) is 8.73. The van der Waals surface area contributed by atoms with Crippen molar-refractivity contribution in [1.29, 1.82) is 0 Å². The molecule has 0 aliphatic heterocycles. The van der Waals surface area contributed by atoms with E-state index in [1.54, 1.807) is 18.2 Å². The fraction of sp³-hybridized carbons (Fsp3) is 0.217. The molecule has 0 atom stereocenters. The Labute approximate surface area is 174 Å². The van der Waals surface area contributed by atoms with Gasteiger partial charge in [-0.25, -0.2) is 9.67 Å². The zero-order valence-electron chi connectivity index (χ0n) is 16.8. The van der Waals surface area contributed by atoms with Crippen molar-refractivity contribution in [3.63, 3.8) is 0 Å². The van der Waals surface area contributed by atoms with Crippen LogP contribution < -0.4 is 10.9 Å². The van der Waals surface area contributed by atoms with Gasteiger partial charge in [0.1, 0.15) is 6.54 Å². The SMILES string of the molecule is Cc1nn(-c2ccccc2)cc1CCCNC(=O)Cn1cnc2ccccc2c1=O. The number of aryl methyl sites for hydroxylation is 2. The molecule has 7 nitrogen and oxygen atoms in total. The molecular weight excluding hydrogens is 378 g/mol. The summed E-state index contributed by atoms with van der Waals surface area (Å²) in [6.45, 7) is 2.48. The van der Waals surface area contributed by atoms with E-state index in [2.05, 4.69) is 15.4 Å². The number of hydrogen-bond acceptors (Lipinski definition) is 4. The third-order valence-corrected chi connectivity index (χ3v) is 5.01. The van der Waals surface area contributed by atoms with Crippen LogP contribution in [0.2, 0.25) is 0 Å². The van der Waals surface area contributed by atoms with E-state index in [9.17, 15) is 9.59 Å². The Bertz CT molecular complexity index is 1230. The minimum absolute atomic E-state index is 0.0400. The molecule has 0 aliphatic carbocycles. The van der Waals surface area contributed by atoms with Crippen molar-refractivity contribution in [1.82, 2.24) is 24.6 Å². The van der Waals surface area contributed by atoms with Gasteiger partial charge in [-0.15, -0.1) is 0 Å². The van der Waals surface area contributed by atoms with Crippen LogP contribution in [0, 0.1) is 6.92 Å². The highest BCUT2D eigenvalue weighted by Crippen LogP contribution is 2.13. The van der Waals surface area contributed by atoms with Crippen LogP contribution >= 0.6 is 0 Å². The molecule has 0 aliphatic rings. The van der Waals surface area contributed by atoms with Gasteiger partial charge in [-0.05, 0) is 49.6 Å². The Morgan fingerprint density at radius 3 is 2.67 bits per heavy atom. The molecule has 0 saturated heterocycles. The molecular formula is C23H23N5O2. The Morgan fingerprint density at radius 1 is 1.07 bits per heavy atom. The molecule has 1 amide bonds. The number of para-hydroxylation sites is 2. The summed E-state index contributed by atoms with van der Waals surface area (Å²) in [5, 5.41) is 7.96. The lowest BCUT2D eigenvalue weighted by molar-refractivity contribution is -0.121. The Hall–Kier alpha value is -3.74. The van der Waals surface area contributed by atoms with Crippen molar-refractivity contribution in [3.8, 4) is 5.69 Å². The number of carbonyl (C=O) groups is 1. The van der Waals surface area contributed by atoms with Gasteiger partial charge in [0.15, 0.2) is 0 Å². The minimum atomic E-state index is -0.209. The normalized spacial score (nSPS) is 11.0. The van der Waals surface area contributed by atoms with Crippen LogP contribution in [-0.2, 0) is 17.8 Å². The van der Waals surface area contributed by atoms with Gasteiger partial charge in [0, 0.05) is 12.7 Å². The van der Waals surface area contributed by atoms with Crippen molar-refractivity contribution < 1.29 is 4.79 Å². The van der Waals surface area contributed by atoms with E-state index in [0.717, 1.165) is 29.8 Å². The molecule has 1 N–H and O–H groups in total. The number of carbonyl (C=O) groups excluding carboxylic acids is 1. The van der Waals surface area contributed by atoms with Gasteiger partial charge in [-0.1, -0.05) is 30.3 Å². The van der Waals surface area contributed by atoms with Crippen molar-refractivity contribution in [2.75, 3.05) is 6.54 Å². The average molecular weight is 401 g/mol. The summed E-state index contributed by atoms with van der Waals surface area (Å²) in [4.78, 5) is 29.0. The first-order chi connectivity index (χ1) is 14.6. The van der Waals surface area contributed by atoms with Crippen LogP contribution in [0.5, 0.6) is 0 Å². The van der Waals surface area contributed by atoms with Crippen molar-refractivity contribution in [2.45, 2.75) is 26.3 Å². The molecule has 2 aromatic carbocycles. The summed E-state index contributed by atoms with van der Waals surface area (Å²) < 4.78 is 3.22. The van der Waals surface area contributed by atoms with Crippen LogP contribution in [-0.4, -0.2) is 31.8 Å². The first-order valence-corrected chi connectivity index (χ1v) is 9.93. The Morgan fingerprint density at radius 2 is 1.83 bits per heavy atom. The standard InChI is InChI=1S/C23H23N5O2/c1-17-18(14-28(26-17)19-9-3-2-4-10-19)8-7-13-24-22(29)15-27-16-25-21-12-6-5-11-20(21)23(27)30/h2-6,9-12,14,16H,7-8,13,15H2,1H3,(H,24,29). The van der Waals surface area contributed by atoms with Crippen molar-refractivity contribution in [3.05, 3.63) is 88.7 Å². The molecule has 2 heterocycles. The van der Waals surface area contributed by atoms with Gasteiger partial charge in [-0.2, -0.15) is 5.10 Å². The van der Waals surface area contributed by atoms with Gasteiger partial charge >= 0.3 is 0 Å². The number of aromatic nitrogens is 4. The maximum absolute atomic E-state index is 12.5. The van der Waals surface area contributed by atoms with E-state index in [1.807, 2.05) is 54.2 Å². The highest BCUT2D eigenvalue weighted by molar-refractivity contribution is 5.78. The average Bonchev–Trinajstić information content (AvgIpc) is 3.14. The van der Waals surface area contributed by atoms with E-state index >= 15 is 0 Å². The molecule has 0 saturated carbocycles. The number of rotatable bonds is 7. The maximum Gasteiger partial charge on any atom is 0.261 e. The summed E-state index contributed by atoms with van der Waals surface area (Å²) in [7, 11) is 0. The van der Waals surface area contributed by atoms with E-state index in [1.165, 1.54) is 10.9 Å². The summed E-state index contributed by atoms with van der Waals surface area (Å²) >= 11 is 0. The monoisotopic (exact) mass is 401 g/mol. The molecule has 152 valence electrons. The number of hydrogen-bond donors (Lipinski definition) is 1. The summed E-state index contributed by atoms with van der Waals surface area (Å²) in [6, 6.07) is 17.1. The molecule has 30 heavy (non-hydrogen) atoms. The van der Waals surface area contributed by atoms with Gasteiger partial charge in [-0.3, -0.25) is 14.2 Å². The zero-order chi connectivity index (χ0) is 20.9. The highest BCUT2D eigenvalue weighted by Gasteiger charge is 2.09. The molecule has 0 fully saturated rings. The Balaban J connectivity index is 1.30. The van der Waals surface area contributed by atoms with E-state index in [4.69, 9.17) is 0 Å². The second-order valence-corrected chi connectivity index (χ2v) is 7.17. The largest absolute Gasteiger partial charge is 0.355 e. The predicted molar refractivity (Wildman–Crippen MR) is 116 cm³/mol. The fourth-order valence-electron chi connectivity index (χ4n) is 3.39. The highest BCUT2D eigenvalue weighted by atomic mass is 16.2. The van der Waals surface area contributed by atoms with Crippen LogP contribution in [0.25, 0.3) is 16.6 Å². The van der Waals surface area contributed by atoms with Crippen LogP contribution in [0.4, 0.5) is 0 Å². The summed E-state index contributed by atoms with van der Waals surface area (Å²) in [5.41, 5.74) is 3.59. The fourth-order valence-corrected chi connectivity index (χ4v) is 3.39.